The molecule has 20 heavy (non-hydrogen) atoms. The molecule has 1 aliphatic rings. The van der Waals surface area contributed by atoms with E-state index in [1.807, 2.05) is 35.4 Å². The fraction of sp³-hybridized carbons (Fsp3) is 0.357. The zero-order valence-corrected chi connectivity index (χ0v) is 12.0. The van der Waals surface area contributed by atoms with Gasteiger partial charge >= 0.3 is 6.03 Å². The Bertz CT molecular complexity index is 566. The minimum Gasteiger partial charge on any atom is -0.330 e. The Kier molecular flexibility index (Phi) is 3.64. The van der Waals surface area contributed by atoms with Crippen molar-refractivity contribution in [3.05, 3.63) is 47.0 Å². The standard InChI is InChI=1S/C14H16N4OS/c1-10(13-9-20-17-16-13)15-14(19)18-7-12(8-18)11-5-3-2-4-6-11/h2-6,9-10,12H,7-8H2,1H3,(H,15,19). The largest absolute Gasteiger partial charge is 0.330 e. The van der Waals surface area contributed by atoms with Gasteiger partial charge in [-0.1, -0.05) is 34.8 Å². The number of carbonyl (C=O) groups is 1. The number of rotatable bonds is 3. The molecule has 1 aliphatic heterocycles. The van der Waals surface area contributed by atoms with Gasteiger partial charge in [0.2, 0.25) is 0 Å². The maximum atomic E-state index is 12.1. The van der Waals surface area contributed by atoms with Crippen LogP contribution < -0.4 is 5.32 Å². The minimum atomic E-state index is -0.1000. The van der Waals surface area contributed by atoms with Crippen LogP contribution in [0.25, 0.3) is 0 Å². The topological polar surface area (TPSA) is 58.1 Å². The van der Waals surface area contributed by atoms with Gasteiger partial charge in [-0.3, -0.25) is 0 Å². The van der Waals surface area contributed by atoms with E-state index in [0.29, 0.717) is 5.92 Å². The van der Waals surface area contributed by atoms with E-state index in [1.165, 1.54) is 17.1 Å². The van der Waals surface area contributed by atoms with Crippen LogP contribution in [0.15, 0.2) is 35.7 Å². The molecule has 1 N–H and O–H groups in total. The molecule has 0 bridgehead atoms. The summed E-state index contributed by atoms with van der Waals surface area (Å²) in [6.45, 7) is 3.47. The smallest absolute Gasteiger partial charge is 0.317 e. The molecule has 1 saturated heterocycles. The molecule has 6 heteroatoms. The van der Waals surface area contributed by atoms with E-state index in [4.69, 9.17) is 0 Å². The van der Waals surface area contributed by atoms with Crippen molar-refractivity contribution in [2.45, 2.75) is 18.9 Å². The lowest BCUT2D eigenvalue weighted by Gasteiger charge is -2.39. The molecule has 104 valence electrons. The number of nitrogens with one attached hydrogen (secondary N) is 1. The lowest BCUT2D eigenvalue weighted by atomic mass is 9.92. The van der Waals surface area contributed by atoms with E-state index in [1.54, 1.807) is 0 Å². The maximum absolute atomic E-state index is 12.1. The molecular formula is C14H16N4OS. The van der Waals surface area contributed by atoms with Crippen LogP contribution in [0, 0.1) is 0 Å². The summed E-state index contributed by atoms with van der Waals surface area (Å²) in [5.41, 5.74) is 2.11. The van der Waals surface area contributed by atoms with Crippen molar-refractivity contribution < 1.29 is 4.79 Å². The summed E-state index contributed by atoms with van der Waals surface area (Å²) in [4.78, 5) is 13.9. The normalized spacial score (nSPS) is 16.6. The zero-order chi connectivity index (χ0) is 13.9. The number of hydrogen-bond donors (Lipinski definition) is 1. The second kappa shape index (κ2) is 5.58. The Hall–Kier alpha value is -1.95. The molecular weight excluding hydrogens is 272 g/mol. The molecule has 2 aromatic rings. The number of likely N-dealkylation sites (tertiary alicyclic amines) is 1. The molecule has 1 atom stereocenters. The Morgan fingerprint density at radius 2 is 2.15 bits per heavy atom. The second-order valence-electron chi connectivity index (χ2n) is 5.01. The molecule has 5 nitrogen and oxygen atoms in total. The number of amides is 2. The van der Waals surface area contributed by atoms with Gasteiger partial charge < -0.3 is 10.2 Å². The molecule has 0 saturated carbocycles. The summed E-state index contributed by atoms with van der Waals surface area (Å²) in [6, 6.07) is 10.2. The minimum absolute atomic E-state index is 0.0299. The molecule has 0 spiro atoms. The lowest BCUT2D eigenvalue weighted by molar-refractivity contribution is 0.148. The highest BCUT2D eigenvalue weighted by atomic mass is 32.1. The van der Waals surface area contributed by atoms with Gasteiger partial charge in [0.1, 0.15) is 0 Å². The van der Waals surface area contributed by atoms with Gasteiger partial charge in [0.15, 0.2) is 0 Å². The maximum Gasteiger partial charge on any atom is 0.317 e. The van der Waals surface area contributed by atoms with Gasteiger partial charge in [-0.05, 0) is 24.0 Å². The summed E-state index contributed by atoms with van der Waals surface area (Å²) >= 11 is 1.29. The van der Waals surface area contributed by atoms with Gasteiger partial charge in [0.25, 0.3) is 0 Å². The third-order valence-electron chi connectivity index (χ3n) is 3.60. The Balaban J connectivity index is 1.51. The summed E-state index contributed by atoms with van der Waals surface area (Å²) in [6.07, 6.45) is 0. The van der Waals surface area contributed by atoms with Crippen LogP contribution in [-0.2, 0) is 0 Å². The van der Waals surface area contributed by atoms with Gasteiger partial charge in [0.05, 0.1) is 11.7 Å². The highest BCUT2D eigenvalue weighted by Gasteiger charge is 2.32. The van der Waals surface area contributed by atoms with E-state index in [2.05, 4.69) is 27.0 Å². The van der Waals surface area contributed by atoms with Crippen molar-refractivity contribution in [3.8, 4) is 0 Å². The molecule has 2 heterocycles. The third-order valence-corrected chi connectivity index (χ3v) is 4.12. The molecule has 1 aromatic heterocycles. The quantitative estimate of drug-likeness (QED) is 0.943. The molecule has 0 aliphatic carbocycles. The lowest BCUT2D eigenvalue weighted by Crippen LogP contribution is -2.52. The average Bonchev–Trinajstić information content (AvgIpc) is 2.92. The number of urea groups is 1. The van der Waals surface area contributed by atoms with E-state index < -0.39 is 0 Å². The van der Waals surface area contributed by atoms with E-state index in [-0.39, 0.29) is 12.1 Å². The Labute approximate surface area is 121 Å². The van der Waals surface area contributed by atoms with Crippen molar-refractivity contribution >= 4 is 17.6 Å². The monoisotopic (exact) mass is 288 g/mol. The fourth-order valence-corrected chi connectivity index (χ4v) is 2.84. The molecule has 2 amide bonds. The first-order valence-corrected chi connectivity index (χ1v) is 7.45. The van der Waals surface area contributed by atoms with Crippen molar-refractivity contribution in [2.24, 2.45) is 0 Å². The van der Waals surface area contributed by atoms with Crippen LogP contribution in [0.4, 0.5) is 4.79 Å². The predicted molar refractivity (Wildman–Crippen MR) is 77.6 cm³/mol. The SMILES string of the molecule is CC(NC(=O)N1CC(c2ccccc2)C1)c1csnn1. The van der Waals surface area contributed by atoms with Crippen LogP contribution in [0.5, 0.6) is 0 Å². The van der Waals surface area contributed by atoms with Crippen LogP contribution >= 0.6 is 11.5 Å². The molecule has 3 rings (SSSR count). The van der Waals surface area contributed by atoms with Crippen LogP contribution in [0.1, 0.15) is 30.1 Å². The number of carbonyl (C=O) groups excluding carboxylic acids is 1. The zero-order valence-electron chi connectivity index (χ0n) is 11.2. The summed E-state index contributed by atoms with van der Waals surface area (Å²) in [5.74, 6) is 0.457. The van der Waals surface area contributed by atoms with Gasteiger partial charge in [0, 0.05) is 24.4 Å². The van der Waals surface area contributed by atoms with E-state index >= 15 is 0 Å². The summed E-state index contributed by atoms with van der Waals surface area (Å²) in [5, 5.41) is 8.77. The second-order valence-corrected chi connectivity index (χ2v) is 5.62. The number of nitrogens with zero attached hydrogens (tertiary/aromatic N) is 3. The third kappa shape index (κ3) is 2.65. The number of aromatic nitrogens is 2. The van der Waals surface area contributed by atoms with Gasteiger partial charge in [-0.25, -0.2) is 4.79 Å². The van der Waals surface area contributed by atoms with Crippen molar-refractivity contribution in [3.63, 3.8) is 0 Å². The van der Waals surface area contributed by atoms with Crippen LogP contribution in [0.2, 0.25) is 0 Å². The Morgan fingerprint density at radius 1 is 1.40 bits per heavy atom. The fourth-order valence-electron chi connectivity index (χ4n) is 2.29. The first-order valence-electron chi connectivity index (χ1n) is 6.61. The predicted octanol–water partition coefficient (Wildman–Crippen LogP) is 2.41. The molecule has 1 aromatic carbocycles. The summed E-state index contributed by atoms with van der Waals surface area (Å²) in [7, 11) is 0. The van der Waals surface area contributed by atoms with E-state index in [0.717, 1.165) is 18.8 Å². The van der Waals surface area contributed by atoms with Gasteiger partial charge in [-0.15, -0.1) is 5.10 Å². The van der Waals surface area contributed by atoms with Crippen LogP contribution in [-0.4, -0.2) is 33.6 Å². The van der Waals surface area contributed by atoms with Crippen LogP contribution in [0.3, 0.4) is 0 Å². The Morgan fingerprint density at radius 3 is 2.80 bits per heavy atom. The highest BCUT2D eigenvalue weighted by molar-refractivity contribution is 7.03. The number of benzene rings is 1. The first-order chi connectivity index (χ1) is 9.74. The first kappa shape index (κ1) is 13.1. The summed E-state index contributed by atoms with van der Waals surface area (Å²) < 4.78 is 3.81. The average molecular weight is 288 g/mol. The van der Waals surface area contributed by atoms with Crippen molar-refractivity contribution in [1.29, 1.82) is 0 Å². The van der Waals surface area contributed by atoms with Crippen molar-refractivity contribution in [2.75, 3.05) is 13.1 Å². The van der Waals surface area contributed by atoms with Gasteiger partial charge in [-0.2, -0.15) is 0 Å². The van der Waals surface area contributed by atoms with E-state index in [9.17, 15) is 4.79 Å². The van der Waals surface area contributed by atoms with Crippen molar-refractivity contribution in [1.82, 2.24) is 19.8 Å². The molecule has 0 radical (unpaired) electrons. The number of hydrogen-bond acceptors (Lipinski definition) is 4. The molecule has 1 unspecified atom stereocenters. The highest BCUT2D eigenvalue weighted by Crippen LogP contribution is 2.27. The molecule has 1 fully saturated rings.